The number of amides is 1. The average molecular weight is 307 g/mol. The summed E-state index contributed by atoms with van der Waals surface area (Å²) >= 11 is 0. The molecule has 0 radical (unpaired) electrons. The lowest BCUT2D eigenvalue weighted by Gasteiger charge is -2.06. The molecule has 1 amide bonds. The summed E-state index contributed by atoms with van der Waals surface area (Å²) in [7, 11) is -4.34. The van der Waals surface area contributed by atoms with E-state index in [1.807, 2.05) is 0 Å². The maximum Gasteiger partial charge on any atom is 0.294 e. The topological polar surface area (TPSA) is 119 Å². The second kappa shape index (κ2) is 5.95. The fourth-order valence-electron chi connectivity index (χ4n) is 1.53. The van der Waals surface area contributed by atoms with Gasteiger partial charge in [0.2, 0.25) is 0 Å². The zero-order valence-corrected chi connectivity index (χ0v) is 11.7. The molecule has 0 saturated heterocycles. The van der Waals surface area contributed by atoms with Crippen molar-refractivity contribution in [2.45, 2.75) is 23.8 Å². The number of rotatable bonds is 5. The number of nitrogens with one attached hydrogen (secondary N) is 2. The van der Waals surface area contributed by atoms with E-state index in [1.165, 1.54) is 24.4 Å². The summed E-state index contributed by atoms with van der Waals surface area (Å²) in [5.41, 5.74) is 0.0573. The second-order valence-electron chi connectivity index (χ2n) is 4.57. The van der Waals surface area contributed by atoms with E-state index < -0.39 is 16.0 Å². The molecule has 3 N–H and O–H groups in total. The quantitative estimate of drug-likeness (QED) is 0.424. The minimum absolute atomic E-state index is 0.112. The summed E-state index contributed by atoms with van der Waals surface area (Å²) in [4.78, 5) is 11.5. The standard InChI is InChI=1S/C13H13N3O4S/c14-7-9(8-15-10-4-5-10)13(17)16-11-2-1-3-12(6-11)21(18,19)20/h1-3,6,8,10,15H,4-5H2,(H,16,17)(H,18,19,20)/b9-8-. The Morgan fingerprint density at radius 2 is 2.14 bits per heavy atom. The predicted octanol–water partition coefficient (Wildman–Crippen LogP) is 1.03. The van der Waals surface area contributed by atoms with Crippen LogP contribution in [0.15, 0.2) is 40.9 Å². The molecule has 21 heavy (non-hydrogen) atoms. The fourth-order valence-corrected chi connectivity index (χ4v) is 2.06. The van der Waals surface area contributed by atoms with Crippen molar-refractivity contribution >= 4 is 21.7 Å². The van der Waals surface area contributed by atoms with Gasteiger partial charge in [-0.05, 0) is 31.0 Å². The van der Waals surface area contributed by atoms with E-state index in [4.69, 9.17) is 9.81 Å². The Hall–Kier alpha value is -2.37. The molecule has 0 aromatic heterocycles. The molecule has 0 heterocycles. The first-order valence-electron chi connectivity index (χ1n) is 6.15. The maximum atomic E-state index is 11.9. The molecule has 0 aliphatic heterocycles. The highest BCUT2D eigenvalue weighted by Crippen LogP contribution is 2.19. The van der Waals surface area contributed by atoms with Crippen LogP contribution in [0.25, 0.3) is 0 Å². The molecule has 0 atom stereocenters. The van der Waals surface area contributed by atoms with Crippen molar-refractivity contribution in [1.29, 1.82) is 5.26 Å². The van der Waals surface area contributed by atoms with Gasteiger partial charge in [-0.15, -0.1) is 0 Å². The van der Waals surface area contributed by atoms with Gasteiger partial charge in [0.1, 0.15) is 11.6 Å². The molecule has 1 fully saturated rings. The Morgan fingerprint density at radius 3 is 2.71 bits per heavy atom. The molecule has 0 unspecified atom stereocenters. The largest absolute Gasteiger partial charge is 0.387 e. The van der Waals surface area contributed by atoms with Crippen molar-refractivity contribution in [3.8, 4) is 6.07 Å². The summed E-state index contributed by atoms with van der Waals surface area (Å²) in [6.07, 6.45) is 3.36. The van der Waals surface area contributed by atoms with E-state index in [2.05, 4.69) is 10.6 Å². The third kappa shape index (κ3) is 4.30. The summed E-state index contributed by atoms with van der Waals surface area (Å²) < 4.78 is 31.0. The number of hydrogen-bond acceptors (Lipinski definition) is 5. The Kier molecular flexibility index (Phi) is 4.26. The molecule has 2 rings (SSSR count). The molecule has 0 bridgehead atoms. The Morgan fingerprint density at radius 1 is 1.43 bits per heavy atom. The van der Waals surface area contributed by atoms with Gasteiger partial charge in [-0.1, -0.05) is 6.07 Å². The molecule has 7 nitrogen and oxygen atoms in total. The maximum absolute atomic E-state index is 11.9. The first kappa shape index (κ1) is 15.0. The van der Waals surface area contributed by atoms with Crippen LogP contribution in [-0.2, 0) is 14.9 Å². The fraction of sp³-hybridized carbons (Fsp3) is 0.231. The van der Waals surface area contributed by atoms with E-state index in [9.17, 15) is 13.2 Å². The molecule has 8 heteroatoms. The monoisotopic (exact) mass is 307 g/mol. The number of nitrogens with zero attached hydrogens (tertiary/aromatic N) is 1. The highest BCUT2D eigenvalue weighted by molar-refractivity contribution is 7.85. The number of nitriles is 1. The van der Waals surface area contributed by atoms with Crippen molar-refractivity contribution in [3.63, 3.8) is 0 Å². The SMILES string of the molecule is N#C/C(=C/NC1CC1)C(=O)Nc1cccc(S(=O)(=O)O)c1. The van der Waals surface area contributed by atoms with Gasteiger partial charge in [-0.25, -0.2) is 0 Å². The smallest absolute Gasteiger partial charge is 0.294 e. The zero-order valence-electron chi connectivity index (χ0n) is 10.9. The third-order valence-electron chi connectivity index (χ3n) is 2.80. The lowest BCUT2D eigenvalue weighted by atomic mass is 10.2. The molecule has 1 aliphatic carbocycles. The van der Waals surface area contributed by atoms with E-state index in [0.29, 0.717) is 6.04 Å². The van der Waals surface area contributed by atoms with Crippen molar-refractivity contribution in [2.75, 3.05) is 5.32 Å². The molecular weight excluding hydrogens is 294 g/mol. The molecule has 1 saturated carbocycles. The van der Waals surface area contributed by atoms with Crippen LogP contribution in [0.4, 0.5) is 5.69 Å². The Bertz CT molecular complexity index is 730. The van der Waals surface area contributed by atoms with Gasteiger partial charge >= 0.3 is 0 Å². The van der Waals surface area contributed by atoms with Gasteiger partial charge in [0.05, 0.1) is 4.90 Å². The van der Waals surface area contributed by atoms with Gasteiger partial charge < -0.3 is 10.6 Å². The van der Waals surface area contributed by atoms with Crippen molar-refractivity contribution in [1.82, 2.24) is 5.32 Å². The number of carbonyl (C=O) groups excluding carboxylic acids is 1. The van der Waals surface area contributed by atoms with Crippen LogP contribution in [0, 0.1) is 11.3 Å². The Balaban J connectivity index is 2.11. The van der Waals surface area contributed by atoms with Crippen LogP contribution in [0.3, 0.4) is 0 Å². The van der Waals surface area contributed by atoms with E-state index in [0.717, 1.165) is 18.9 Å². The minimum Gasteiger partial charge on any atom is -0.387 e. The molecule has 0 spiro atoms. The van der Waals surface area contributed by atoms with E-state index in [-0.39, 0.29) is 16.2 Å². The first-order valence-corrected chi connectivity index (χ1v) is 7.59. The normalized spacial score (nSPS) is 15.1. The molecule has 110 valence electrons. The van der Waals surface area contributed by atoms with Gasteiger partial charge in [-0.3, -0.25) is 9.35 Å². The summed E-state index contributed by atoms with van der Waals surface area (Å²) in [6.45, 7) is 0. The van der Waals surface area contributed by atoms with Gasteiger partial charge in [0, 0.05) is 17.9 Å². The zero-order chi connectivity index (χ0) is 15.5. The highest BCUT2D eigenvalue weighted by atomic mass is 32.2. The molecule has 1 aromatic carbocycles. The third-order valence-corrected chi connectivity index (χ3v) is 3.65. The van der Waals surface area contributed by atoms with Gasteiger partial charge in [0.25, 0.3) is 16.0 Å². The minimum atomic E-state index is -4.34. The average Bonchev–Trinajstić information content (AvgIpc) is 3.23. The Labute approximate surface area is 122 Å². The molecule has 1 aliphatic rings. The number of hydrogen-bond donors (Lipinski definition) is 3. The van der Waals surface area contributed by atoms with Gasteiger partial charge in [0.15, 0.2) is 0 Å². The summed E-state index contributed by atoms with van der Waals surface area (Å²) in [5.74, 6) is -0.655. The number of benzene rings is 1. The number of anilines is 1. The summed E-state index contributed by atoms with van der Waals surface area (Å²) in [5, 5.41) is 14.3. The van der Waals surface area contributed by atoms with Crippen LogP contribution in [0.5, 0.6) is 0 Å². The molecular formula is C13H13N3O4S. The van der Waals surface area contributed by atoms with Crippen molar-refractivity contribution < 1.29 is 17.8 Å². The van der Waals surface area contributed by atoms with Crippen LogP contribution >= 0.6 is 0 Å². The second-order valence-corrected chi connectivity index (χ2v) is 5.99. The highest BCUT2D eigenvalue weighted by Gasteiger charge is 2.20. The van der Waals surface area contributed by atoms with Crippen LogP contribution < -0.4 is 10.6 Å². The van der Waals surface area contributed by atoms with Crippen LogP contribution in [0.2, 0.25) is 0 Å². The van der Waals surface area contributed by atoms with Gasteiger partial charge in [-0.2, -0.15) is 13.7 Å². The summed E-state index contributed by atoms with van der Waals surface area (Å²) in [6, 6.07) is 7.21. The van der Waals surface area contributed by atoms with Crippen LogP contribution in [0.1, 0.15) is 12.8 Å². The number of carbonyl (C=O) groups is 1. The lowest BCUT2D eigenvalue weighted by molar-refractivity contribution is -0.112. The van der Waals surface area contributed by atoms with Crippen molar-refractivity contribution in [3.05, 3.63) is 36.0 Å². The van der Waals surface area contributed by atoms with Crippen molar-refractivity contribution in [2.24, 2.45) is 0 Å². The molecule has 1 aromatic rings. The lowest BCUT2D eigenvalue weighted by Crippen LogP contribution is -2.17. The van der Waals surface area contributed by atoms with E-state index in [1.54, 1.807) is 6.07 Å². The predicted molar refractivity (Wildman–Crippen MR) is 74.7 cm³/mol. The first-order chi connectivity index (χ1) is 9.90. The van der Waals surface area contributed by atoms with Crippen LogP contribution in [-0.4, -0.2) is 24.9 Å². The van der Waals surface area contributed by atoms with E-state index >= 15 is 0 Å².